The third kappa shape index (κ3) is 2.83. The highest BCUT2D eigenvalue weighted by atomic mass is 35.5. The lowest BCUT2D eigenvalue weighted by Gasteiger charge is -2.07. The van der Waals surface area contributed by atoms with Crippen molar-refractivity contribution < 1.29 is 9.31 Å². The van der Waals surface area contributed by atoms with Gasteiger partial charge in [-0.05, 0) is 25.1 Å². The van der Waals surface area contributed by atoms with E-state index in [4.69, 9.17) is 11.6 Å². The smallest absolute Gasteiger partial charge is 0.337 e. The molecule has 0 radical (unpaired) electrons. The number of halogens is 2. The molecular formula is C12H10ClFN4O2. The molecule has 0 aliphatic rings. The molecule has 0 aliphatic carbocycles. The lowest BCUT2D eigenvalue weighted by atomic mass is 10.1. The average Bonchev–Trinajstić information content (AvgIpc) is 2.37. The van der Waals surface area contributed by atoms with E-state index in [-0.39, 0.29) is 27.8 Å². The molecule has 0 bridgehead atoms. The van der Waals surface area contributed by atoms with Crippen LogP contribution in [-0.2, 0) is 0 Å². The Morgan fingerprint density at radius 2 is 2.15 bits per heavy atom. The Morgan fingerprint density at radius 3 is 2.75 bits per heavy atom. The van der Waals surface area contributed by atoms with Gasteiger partial charge in [-0.2, -0.15) is 0 Å². The Balaban J connectivity index is 2.66. The molecule has 0 atom stereocenters. The quantitative estimate of drug-likeness (QED) is 0.691. The topological polar surface area (TPSA) is 81.0 Å². The van der Waals surface area contributed by atoms with Crippen LogP contribution in [0.1, 0.15) is 6.92 Å². The maximum Gasteiger partial charge on any atom is 0.337 e. The van der Waals surface area contributed by atoms with Crippen LogP contribution in [0.15, 0.2) is 24.5 Å². The molecule has 1 N–H and O–H groups in total. The van der Waals surface area contributed by atoms with Crippen molar-refractivity contribution in [1.29, 1.82) is 0 Å². The second-order valence-electron chi connectivity index (χ2n) is 3.87. The fourth-order valence-electron chi connectivity index (χ4n) is 1.75. The van der Waals surface area contributed by atoms with Crippen molar-refractivity contribution in [3.8, 4) is 11.3 Å². The number of benzene rings is 1. The Hall–Kier alpha value is -2.28. The maximum absolute atomic E-state index is 13.4. The van der Waals surface area contributed by atoms with Crippen LogP contribution in [0, 0.1) is 15.9 Å². The van der Waals surface area contributed by atoms with E-state index in [0.717, 1.165) is 12.1 Å². The number of nitrogens with one attached hydrogen (secondary N) is 1. The summed E-state index contributed by atoms with van der Waals surface area (Å²) in [6, 6.07) is 3.66. The van der Waals surface area contributed by atoms with Gasteiger partial charge in [0, 0.05) is 17.1 Å². The first-order valence-electron chi connectivity index (χ1n) is 5.72. The lowest BCUT2D eigenvalue weighted by molar-refractivity contribution is -0.383. The molecule has 1 aromatic carbocycles. The summed E-state index contributed by atoms with van der Waals surface area (Å²) in [6.07, 6.45) is 1.18. The number of hydrogen-bond acceptors (Lipinski definition) is 5. The molecule has 20 heavy (non-hydrogen) atoms. The maximum atomic E-state index is 13.4. The van der Waals surface area contributed by atoms with Crippen LogP contribution < -0.4 is 5.32 Å². The molecule has 8 heteroatoms. The molecule has 0 amide bonds. The second kappa shape index (κ2) is 5.79. The van der Waals surface area contributed by atoms with Crippen molar-refractivity contribution >= 4 is 23.1 Å². The van der Waals surface area contributed by atoms with Crippen LogP contribution in [0.25, 0.3) is 11.3 Å². The fraction of sp³-hybridized carbons (Fsp3) is 0.167. The highest BCUT2D eigenvalue weighted by Gasteiger charge is 2.24. The molecule has 104 valence electrons. The van der Waals surface area contributed by atoms with E-state index >= 15 is 0 Å². The first-order valence-corrected chi connectivity index (χ1v) is 6.10. The van der Waals surface area contributed by atoms with E-state index in [1.165, 1.54) is 12.4 Å². The number of hydrogen-bond donors (Lipinski definition) is 1. The highest BCUT2D eigenvalue weighted by molar-refractivity contribution is 6.30. The Bertz CT molecular complexity index is 646. The van der Waals surface area contributed by atoms with E-state index in [0.29, 0.717) is 6.54 Å². The summed E-state index contributed by atoms with van der Waals surface area (Å²) in [4.78, 5) is 18.3. The van der Waals surface area contributed by atoms with Gasteiger partial charge in [0.1, 0.15) is 12.1 Å². The molecule has 1 aromatic heterocycles. The molecule has 0 fully saturated rings. The average molecular weight is 297 g/mol. The van der Waals surface area contributed by atoms with Crippen LogP contribution >= 0.6 is 11.6 Å². The van der Waals surface area contributed by atoms with Gasteiger partial charge in [0.15, 0.2) is 5.69 Å². The van der Waals surface area contributed by atoms with Crippen molar-refractivity contribution in [2.75, 3.05) is 11.9 Å². The van der Waals surface area contributed by atoms with Crippen LogP contribution in [0.4, 0.5) is 15.9 Å². The van der Waals surface area contributed by atoms with Crippen molar-refractivity contribution in [2.24, 2.45) is 0 Å². The van der Waals surface area contributed by atoms with Crippen molar-refractivity contribution in [1.82, 2.24) is 9.97 Å². The largest absolute Gasteiger partial charge is 0.365 e. The molecule has 0 spiro atoms. The van der Waals surface area contributed by atoms with E-state index in [1.54, 1.807) is 6.92 Å². The molecule has 0 aliphatic heterocycles. The first kappa shape index (κ1) is 14.1. The number of aromatic nitrogens is 2. The number of rotatable bonds is 4. The summed E-state index contributed by atoms with van der Waals surface area (Å²) in [7, 11) is 0. The zero-order chi connectivity index (χ0) is 14.7. The molecule has 0 saturated heterocycles. The van der Waals surface area contributed by atoms with E-state index in [9.17, 15) is 14.5 Å². The summed E-state index contributed by atoms with van der Waals surface area (Å²) in [5.74, 6) is -0.506. The highest BCUT2D eigenvalue weighted by Crippen LogP contribution is 2.34. The van der Waals surface area contributed by atoms with E-state index in [1.807, 2.05) is 0 Å². The van der Waals surface area contributed by atoms with E-state index in [2.05, 4.69) is 15.3 Å². The standard InChI is InChI=1S/C12H10ClFN4O2/c1-2-15-12-11(18(19)20)10(16-6-17-12)7-3-8(13)5-9(14)4-7/h3-6H,2H2,1H3,(H,15,16,17). The molecule has 2 aromatic rings. The molecule has 0 saturated carbocycles. The predicted octanol–water partition coefficient (Wildman–Crippen LogP) is 3.28. The Kier molecular flexibility index (Phi) is 4.09. The summed E-state index contributed by atoms with van der Waals surface area (Å²) in [5.41, 5.74) is -0.0679. The number of nitro groups is 1. The Morgan fingerprint density at radius 1 is 1.40 bits per heavy atom. The molecule has 6 nitrogen and oxygen atoms in total. The monoisotopic (exact) mass is 296 g/mol. The van der Waals surface area contributed by atoms with Gasteiger partial charge in [-0.25, -0.2) is 14.4 Å². The van der Waals surface area contributed by atoms with Gasteiger partial charge < -0.3 is 5.32 Å². The number of nitrogens with zero attached hydrogens (tertiary/aromatic N) is 3. The van der Waals surface area contributed by atoms with Gasteiger partial charge in [0.2, 0.25) is 5.82 Å². The van der Waals surface area contributed by atoms with Gasteiger partial charge in [-0.1, -0.05) is 11.6 Å². The van der Waals surface area contributed by atoms with Gasteiger partial charge in [0.25, 0.3) is 0 Å². The third-order valence-electron chi connectivity index (χ3n) is 2.49. The summed E-state index contributed by atoms with van der Waals surface area (Å²) in [5, 5.41) is 14.1. The minimum atomic E-state index is -0.605. The van der Waals surface area contributed by atoms with Crippen molar-refractivity contribution in [3.63, 3.8) is 0 Å². The Labute approximate surface area is 118 Å². The third-order valence-corrected chi connectivity index (χ3v) is 2.70. The summed E-state index contributed by atoms with van der Waals surface area (Å²) < 4.78 is 13.4. The van der Waals surface area contributed by atoms with Gasteiger partial charge in [-0.3, -0.25) is 10.1 Å². The summed E-state index contributed by atoms with van der Waals surface area (Å²) >= 11 is 5.76. The van der Waals surface area contributed by atoms with Gasteiger partial charge in [0.05, 0.1) is 4.92 Å². The fourth-order valence-corrected chi connectivity index (χ4v) is 1.97. The zero-order valence-corrected chi connectivity index (χ0v) is 11.2. The van der Waals surface area contributed by atoms with Gasteiger partial charge >= 0.3 is 5.69 Å². The van der Waals surface area contributed by atoms with Crippen molar-refractivity contribution in [2.45, 2.75) is 6.92 Å². The zero-order valence-electron chi connectivity index (χ0n) is 10.4. The van der Waals surface area contributed by atoms with Crippen LogP contribution in [0.5, 0.6) is 0 Å². The minimum Gasteiger partial charge on any atom is -0.365 e. The molecule has 1 heterocycles. The van der Waals surface area contributed by atoms with Crippen LogP contribution in [0.3, 0.4) is 0 Å². The van der Waals surface area contributed by atoms with Crippen molar-refractivity contribution in [3.05, 3.63) is 45.5 Å². The van der Waals surface area contributed by atoms with Crippen LogP contribution in [-0.4, -0.2) is 21.4 Å². The number of anilines is 1. The lowest BCUT2D eigenvalue weighted by Crippen LogP contribution is -2.06. The van der Waals surface area contributed by atoms with E-state index < -0.39 is 10.7 Å². The SMILES string of the molecule is CCNc1ncnc(-c2cc(F)cc(Cl)c2)c1[N+](=O)[O-]. The second-order valence-corrected chi connectivity index (χ2v) is 4.30. The molecule has 0 unspecified atom stereocenters. The molecule has 2 rings (SSSR count). The summed E-state index contributed by atoms with van der Waals surface area (Å²) in [6.45, 7) is 2.24. The molecular weight excluding hydrogens is 287 g/mol. The first-order chi connectivity index (χ1) is 9.52. The predicted molar refractivity (Wildman–Crippen MR) is 73.3 cm³/mol. The van der Waals surface area contributed by atoms with Crippen LogP contribution in [0.2, 0.25) is 5.02 Å². The normalized spacial score (nSPS) is 10.3. The minimum absolute atomic E-state index is 0.0161. The van der Waals surface area contributed by atoms with Gasteiger partial charge in [-0.15, -0.1) is 0 Å².